The number of rotatable bonds is 10. The second kappa shape index (κ2) is 11.8. The van der Waals surface area contributed by atoms with Gasteiger partial charge in [0.2, 0.25) is 17.7 Å². The predicted molar refractivity (Wildman–Crippen MR) is 126 cm³/mol. The second-order valence-corrected chi connectivity index (χ2v) is 9.47. The normalized spacial score (nSPS) is 18.4. The number of hydrogen-bond acceptors (Lipinski definition) is 6. The summed E-state index contributed by atoms with van der Waals surface area (Å²) in [5, 5.41) is 24.0. The summed E-state index contributed by atoms with van der Waals surface area (Å²) in [4.78, 5) is 51.8. The highest BCUT2D eigenvalue weighted by molar-refractivity contribution is 5.94. The molecule has 0 aliphatic carbocycles. The van der Waals surface area contributed by atoms with Crippen molar-refractivity contribution in [1.29, 1.82) is 0 Å². The third kappa shape index (κ3) is 6.93. The van der Waals surface area contributed by atoms with Crippen LogP contribution in [0.4, 0.5) is 0 Å². The lowest BCUT2D eigenvalue weighted by atomic mass is 10.00. The summed E-state index contributed by atoms with van der Waals surface area (Å²) in [5.74, 6) is -2.99. The average molecular weight is 477 g/mol. The van der Waals surface area contributed by atoms with Crippen molar-refractivity contribution in [2.45, 2.75) is 71.1 Å². The summed E-state index contributed by atoms with van der Waals surface area (Å²) >= 11 is 0. The van der Waals surface area contributed by atoms with Crippen molar-refractivity contribution in [3.63, 3.8) is 0 Å². The SMILES string of the molecule is CC(C)C(NC(=O)C1CCCN1C(=O)C(NC(=O)C(N)Cc1ccc(O)cc1)C(C)C)C(=O)O. The quantitative estimate of drug-likeness (QED) is 0.330. The van der Waals surface area contributed by atoms with Crippen molar-refractivity contribution >= 4 is 23.7 Å². The molecule has 1 fully saturated rings. The zero-order valence-corrected chi connectivity index (χ0v) is 20.2. The summed E-state index contributed by atoms with van der Waals surface area (Å²) in [7, 11) is 0. The highest BCUT2D eigenvalue weighted by atomic mass is 16.4. The van der Waals surface area contributed by atoms with E-state index in [1.165, 1.54) is 17.0 Å². The maximum atomic E-state index is 13.4. The summed E-state index contributed by atoms with van der Waals surface area (Å²) in [5.41, 5.74) is 6.82. The Labute approximate surface area is 199 Å². The molecule has 0 spiro atoms. The Morgan fingerprint density at radius 3 is 2.15 bits per heavy atom. The molecule has 0 aromatic heterocycles. The minimum Gasteiger partial charge on any atom is -0.508 e. The number of hydrogen-bond donors (Lipinski definition) is 5. The van der Waals surface area contributed by atoms with Gasteiger partial charge in [0.05, 0.1) is 6.04 Å². The van der Waals surface area contributed by atoms with E-state index in [0.29, 0.717) is 19.4 Å². The molecule has 1 aliphatic heterocycles. The number of aliphatic carboxylic acids is 1. The molecule has 1 aromatic carbocycles. The molecule has 10 heteroatoms. The first-order chi connectivity index (χ1) is 15.9. The van der Waals surface area contributed by atoms with Crippen LogP contribution in [0.1, 0.15) is 46.1 Å². The van der Waals surface area contributed by atoms with Gasteiger partial charge in [-0.3, -0.25) is 14.4 Å². The number of carboxylic acids is 1. The monoisotopic (exact) mass is 476 g/mol. The van der Waals surface area contributed by atoms with Crippen LogP contribution in [0.3, 0.4) is 0 Å². The van der Waals surface area contributed by atoms with E-state index in [9.17, 15) is 29.4 Å². The number of phenols is 1. The van der Waals surface area contributed by atoms with Gasteiger partial charge in [0.1, 0.15) is 23.9 Å². The molecule has 2 rings (SSSR count). The molecule has 3 amide bonds. The van der Waals surface area contributed by atoms with Crippen LogP contribution in [-0.2, 0) is 25.6 Å². The molecule has 6 N–H and O–H groups in total. The zero-order chi connectivity index (χ0) is 25.6. The standard InChI is InChI=1S/C24H36N4O6/c1-13(2)19(26-21(30)17(25)12-15-7-9-16(29)10-8-15)23(32)28-11-5-6-18(28)22(31)27-20(14(3)4)24(33)34/h7-10,13-14,17-20,29H,5-6,11-12,25H2,1-4H3,(H,26,30)(H,27,31)(H,33,34). The largest absolute Gasteiger partial charge is 0.508 e. The van der Waals surface area contributed by atoms with E-state index in [1.807, 2.05) is 0 Å². The summed E-state index contributed by atoms with van der Waals surface area (Å²) in [6, 6.07) is 2.72. The van der Waals surface area contributed by atoms with Crippen LogP contribution >= 0.6 is 0 Å². The summed E-state index contributed by atoms with van der Waals surface area (Å²) in [6.45, 7) is 7.32. The number of amides is 3. The van der Waals surface area contributed by atoms with Gasteiger partial charge < -0.3 is 31.5 Å². The van der Waals surface area contributed by atoms with Crippen molar-refractivity contribution in [3.8, 4) is 5.75 Å². The van der Waals surface area contributed by atoms with E-state index < -0.39 is 47.9 Å². The third-order valence-electron chi connectivity index (χ3n) is 6.03. The van der Waals surface area contributed by atoms with Crippen LogP contribution in [0, 0.1) is 11.8 Å². The van der Waals surface area contributed by atoms with Crippen LogP contribution in [0.5, 0.6) is 5.75 Å². The molecule has 0 saturated carbocycles. The summed E-state index contributed by atoms with van der Waals surface area (Å²) in [6.07, 6.45) is 1.25. The minimum atomic E-state index is -1.13. The number of benzene rings is 1. The number of carboxylic acid groups (broad SMARTS) is 1. The molecule has 1 aromatic rings. The summed E-state index contributed by atoms with van der Waals surface area (Å²) < 4.78 is 0. The number of nitrogens with one attached hydrogen (secondary N) is 2. The van der Waals surface area contributed by atoms with E-state index >= 15 is 0 Å². The molecule has 34 heavy (non-hydrogen) atoms. The maximum absolute atomic E-state index is 13.4. The predicted octanol–water partition coefficient (Wildman–Crippen LogP) is 0.619. The van der Waals surface area contributed by atoms with Gasteiger partial charge in [-0.1, -0.05) is 39.8 Å². The molecular weight excluding hydrogens is 440 g/mol. The Kier molecular flexibility index (Phi) is 9.43. The Morgan fingerprint density at radius 1 is 1.03 bits per heavy atom. The lowest BCUT2D eigenvalue weighted by Crippen LogP contribution is -2.58. The van der Waals surface area contributed by atoms with Crippen LogP contribution in [0.2, 0.25) is 0 Å². The maximum Gasteiger partial charge on any atom is 0.326 e. The molecule has 4 atom stereocenters. The van der Waals surface area contributed by atoms with Gasteiger partial charge in [-0.05, 0) is 48.8 Å². The number of phenolic OH excluding ortho intramolecular Hbond substituents is 1. The highest BCUT2D eigenvalue weighted by Gasteiger charge is 2.40. The van der Waals surface area contributed by atoms with Gasteiger partial charge in [0.25, 0.3) is 0 Å². The Balaban J connectivity index is 2.08. The molecule has 0 radical (unpaired) electrons. The Bertz CT molecular complexity index is 886. The molecule has 10 nitrogen and oxygen atoms in total. The minimum absolute atomic E-state index is 0.111. The third-order valence-corrected chi connectivity index (χ3v) is 6.03. The molecular formula is C24H36N4O6. The smallest absolute Gasteiger partial charge is 0.326 e. The van der Waals surface area contributed by atoms with Crippen molar-refractivity contribution in [2.24, 2.45) is 17.6 Å². The van der Waals surface area contributed by atoms with Crippen molar-refractivity contribution < 1.29 is 29.4 Å². The first-order valence-electron chi connectivity index (χ1n) is 11.6. The zero-order valence-electron chi connectivity index (χ0n) is 20.2. The van der Waals surface area contributed by atoms with Crippen LogP contribution < -0.4 is 16.4 Å². The van der Waals surface area contributed by atoms with Crippen LogP contribution in [-0.4, -0.2) is 69.5 Å². The van der Waals surface area contributed by atoms with Gasteiger partial charge >= 0.3 is 5.97 Å². The van der Waals surface area contributed by atoms with E-state index in [4.69, 9.17) is 5.73 Å². The van der Waals surface area contributed by atoms with E-state index in [-0.39, 0.29) is 24.0 Å². The average Bonchev–Trinajstić information content (AvgIpc) is 3.26. The van der Waals surface area contributed by atoms with Crippen LogP contribution in [0.25, 0.3) is 0 Å². The van der Waals surface area contributed by atoms with Gasteiger partial charge in [-0.25, -0.2) is 4.79 Å². The number of carbonyl (C=O) groups is 4. The molecule has 1 heterocycles. The molecule has 4 unspecified atom stereocenters. The molecule has 1 aliphatic rings. The Morgan fingerprint density at radius 2 is 1.62 bits per heavy atom. The number of nitrogens with zero attached hydrogens (tertiary/aromatic N) is 1. The van der Waals surface area contributed by atoms with Crippen molar-refractivity contribution in [1.82, 2.24) is 15.5 Å². The van der Waals surface area contributed by atoms with E-state index in [0.717, 1.165) is 5.56 Å². The second-order valence-electron chi connectivity index (χ2n) is 9.47. The Hall–Kier alpha value is -3.14. The van der Waals surface area contributed by atoms with Crippen molar-refractivity contribution in [3.05, 3.63) is 29.8 Å². The van der Waals surface area contributed by atoms with Gasteiger partial charge in [0, 0.05) is 6.54 Å². The highest BCUT2D eigenvalue weighted by Crippen LogP contribution is 2.21. The van der Waals surface area contributed by atoms with Gasteiger partial charge in [-0.15, -0.1) is 0 Å². The lowest BCUT2D eigenvalue weighted by molar-refractivity contribution is -0.146. The van der Waals surface area contributed by atoms with E-state index in [2.05, 4.69) is 10.6 Å². The fourth-order valence-electron chi connectivity index (χ4n) is 4.00. The lowest BCUT2D eigenvalue weighted by Gasteiger charge is -2.31. The van der Waals surface area contributed by atoms with Crippen molar-refractivity contribution in [2.75, 3.05) is 6.54 Å². The number of carbonyl (C=O) groups excluding carboxylic acids is 3. The van der Waals surface area contributed by atoms with Crippen LogP contribution in [0.15, 0.2) is 24.3 Å². The van der Waals surface area contributed by atoms with Gasteiger partial charge in [-0.2, -0.15) is 0 Å². The number of likely N-dealkylation sites (tertiary alicyclic amines) is 1. The number of aromatic hydroxyl groups is 1. The first kappa shape index (κ1) is 27.1. The van der Waals surface area contributed by atoms with E-state index in [1.54, 1.807) is 39.8 Å². The first-order valence-corrected chi connectivity index (χ1v) is 11.6. The van der Waals surface area contributed by atoms with Gasteiger partial charge in [0.15, 0.2) is 0 Å². The fourth-order valence-corrected chi connectivity index (χ4v) is 4.00. The molecule has 0 bridgehead atoms. The molecule has 188 valence electrons. The molecule has 1 saturated heterocycles. The fraction of sp³-hybridized carbons (Fsp3) is 0.583. The number of nitrogens with two attached hydrogens (primary N) is 1. The topological polar surface area (TPSA) is 162 Å².